The molecule has 1 unspecified atom stereocenters. The minimum Gasteiger partial charge on any atom is -0.463 e. The molecule has 0 saturated heterocycles. The van der Waals surface area contributed by atoms with Crippen LogP contribution in [0.5, 0.6) is 0 Å². The third-order valence-corrected chi connectivity index (χ3v) is 2.62. The summed E-state index contributed by atoms with van der Waals surface area (Å²) in [6.45, 7) is 5.96. The maximum atomic E-state index is 11.3. The molecule has 0 aromatic rings. The maximum absolute atomic E-state index is 11.3. The molecule has 0 bridgehead atoms. The van der Waals surface area contributed by atoms with E-state index in [2.05, 4.69) is 13.0 Å². The summed E-state index contributed by atoms with van der Waals surface area (Å²) < 4.78 is 4.83. The second-order valence-electron chi connectivity index (χ2n) is 4.32. The van der Waals surface area contributed by atoms with Crippen molar-refractivity contribution >= 4 is 5.97 Å². The van der Waals surface area contributed by atoms with Crippen LogP contribution in [-0.2, 0) is 9.53 Å². The highest BCUT2D eigenvalue weighted by molar-refractivity contribution is 5.83. The Labute approximate surface area is 111 Å². The van der Waals surface area contributed by atoms with Crippen LogP contribution < -0.4 is 0 Å². The third kappa shape index (κ3) is 8.99. The van der Waals surface area contributed by atoms with Crippen LogP contribution in [0.3, 0.4) is 0 Å². The molecule has 0 aliphatic heterocycles. The van der Waals surface area contributed by atoms with Gasteiger partial charge in [-0.05, 0) is 38.7 Å². The first-order chi connectivity index (χ1) is 8.61. The fraction of sp³-hybridized carbons (Fsp3) is 0.667. The standard InChI is InChI=1S/C15H26O3/c1-4-6-7-8-9-10-11-14(13(3)16)12-15(17)18-5-2/h9-10,12-13,16H,4-8,11H2,1-3H3/b10-9+,14-12-. The lowest BCUT2D eigenvalue weighted by Crippen LogP contribution is -2.08. The zero-order valence-corrected chi connectivity index (χ0v) is 11.8. The van der Waals surface area contributed by atoms with Crippen LogP contribution in [-0.4, -0.2) is 23.8 Å². The van der Waals surface area contributed by atoms with E-state index in [1.165, 1.54) is 25.3 Å². The molecule has 0 rings (SSSR count). The van der Waals surface area contributed by atoms with Gasteiger partial charge in [0.1, 0.15) is 0 Å². The van der Waals surface area contributed by atoms with Crippen LogP contribution in [0.15, 0.2) is 23.8 Å². The molecule has 0 heterocycles. The van der Waals surface area contributed by atoms with E-state index in [1.807, 2.05) is 6.08 Å². The predicted molar refractivity (Wildman–Crippen MR) is 74.3 cm³/mol. The molecule has 0 aliphatic carbocycles. The summed E-state index contributed by atoms with van der Waals surface area (Å²) in [7, 11) is 0. The molecule has 18 heavy (non-hydrogen) atoms. The minimum atomic E-state index is -0.616. The first-order valence-electron chi connectivity index (χ1n) is 6.82. The number of unbranched alkanes of at least 4 members (excludes halogenated alkanes) is 3. The number of ether oxygens (including phenoxy) is 1. The molecule has 0 fully saturated rings. The van der Waals surface area contributed by atoms with E-state index in [9.17, 15) is 9.90 Å². The van der Waals surface area contributed by atoms with Crippen molar-refractivity contribution < 1.29 is 14.6 Å². The van der Waals surface area contributed by atoms with Gasteiger partial charge in [-0.3, -0.25) is 0 Å². The van der Waals surface area contributed by atoms with Gasteiger partial charge in [-0.15, -0.1) is 0 Å². The first kappa shape index (κ1) is 16.9. The van der Waals surface area contributed by atoms with Gasteiger partial charge in [-0.2, -0.15) is 0 Å². The zero-order valence-electron chi connectivity index (χ0n) is 11.8. The number of hydrogen-bond acceptors (Lipinski definition) is 3. The third-order valence-electron chi connectivity index (χ3n) is 2.62. The molecule has 3 heteroatoms. The molecule has 0 spiro atoms. The lowest BCUT2D eigenvalue weighted by Gasteiger charge is -2.07. The summed E-state index contributed by atoms with van der Waals surface area (Å²) in [5.41, 5.74) is 0.695. The lowest BCUT2D eigenvalue weighted by atomic mass is 10.1. The van der Waals surface area contributed by atoms with Crippen molar-refractivity contribution in [1.29, 1.82) is 0 Å². The Balaban J connectivity index is 4.16. The number of carbonyl (C=O) groups excluding carboxylic acids is 1. The van der Waals surface area contributed by atoms with E-state index < -0.39 is 6.10 Å². The topological polar surface area (TPSA) is 46.5 Å². The average molecular weight is 254 g/mol. The van der Waals surface area contributed by atoms with E-state index in [-0.39, 0.29) is 5.97 Å². The van der Waals surface area contributed by atoms with Crippen molar-refractivity contribution in [2.45, 2.75) is 59.0 Å². The summed E-state index contributed by atoms with van der Waals surface area (Å²) in [6.07, 6.45) is 10.2. The fourth-order valence-electron chi connectivity index (χ4n) is 1.53. The Morgan fingerprint density at radius 1 is 1.28 bits per heavy atom. The predicted octanol–water partition coefficient (Wildman–Crippen LogP) is 3.38. The molecule has 1 N–H and O–H groups in total. The number of carbonyl (C=O) groups is 1. The Hall–Kier alpha value is -1.09. The van der Waals surface area contributed by atoms with Crippen LogP contribution in [0.1, 0.15) is 52.9 Å². The number of rotatable bonds is 9. The van der Waals surface area contributed by atoms with Crippen molar-refractivity contribution in [3.63, 3.8) is 0 Å². The summed E-state index contributed by atoms with van der Waals surface area (Å²) in [5, 5.41) is 9.56. The van der Waals surface area contributed by atoms with Crippen molar-refractivity contribution in [2.75, 3.05) is 6.61 Å². The Morgan fingerprint density at radius 2 is 2.00 bits per heavy atom. The number of aliphatic hydroxyl groups excluding tert-OH is 1. The molecule has 104 valence electrons. The molecule has 0 saturated carbocycles. The monoisotopic (exact) mass is 254 g/mol. The largest absolute Gasteiger partial charge is 0.463 e. The Morgan fingerprint density at radius 3 is 2.56 bits per heavy atom. The van der Waals surface area contributed by atoms with Crippen LogP contribution >= 0.6 is 0 Å². The van der Waals surface area contributed by atoms with E-state index in [1.54, 1.807) is 13.8 Å². The Kier molecular flexibility index (Phi) is 10.4. The van der Waals surface area contributed by atoms with Gasteiger partial charge in [-0.1, -0.05) is 31.9 Å². The van der Waals surface area contributed by atoms with Crippen LogP contribution in [0.2, 0.25) is 0 Å². The second kappa shape index (κ2) is 11.0. The first-order valence-corrected chi connectivity index (χ1v) is 6.82. The maximum Gasteiger partial charge on any atom is 0.330 e. The highest BCUT2D eigenvalue weighted by Crippen LogP contribution is 2.10. The highest BCUT2D eigenvalue weighted by Gasteiger charge is 2.06. The van der Waals surface area contributed by atoms with Crippen LogP contribution in [0.4, 0.5) is 0 Å². The normalized spacial score (nSPS) is 13.9. The SMILES string of the molecule is CCCCC/C=C/C/C(=C/C(=O)OCC)C(C)O. The summed E-state index contributed by atoms with van der Waals surface area (Å²) in [6, 6.07) is 0. The van der Waals surface area contributed by atoms with Gasteiger partial charge in [0.05, 0.1) is 12.7 Å². The Bertz CT molecular complexity index is 277. The van der Waals surface area contributed by atoms with Crippen molar-refractivity contribution in [2.24, 2.45) is 0 Å². The van der Waals surface area contributed by atoms with Crippen molar-refractivity contribution in [1.82, 2.24) is 0 Å². The number of allylic oxidation sites excluding steroid dienone is 2. The molecule has 0 amide bonds. The van der Waals surface area contributed by atoms with E-state index in [4.69, 9.17) is 4.74 Å². The minimum absolute atomic E-state index is 0.356. The number of aliphatic hydroxyl groups is 1. The summed E-state index contributed by atoms with van der Waals surface area (Å²) in [5.74, 6) is -0.382. The molecule has 1 atom stereocenters. The number of hydrogen-bond donors (Lipinski definition) is 1. The summed E-state index contributed by atoms with van der Waals surface area (Å²) in [4.78, 5) is 11.3. The highest BCUT2D eigenvalue weighted by atomic mass is 16.5. The number of esters is 1. The van der Waals surface area contributed by atoms with E-state index in [0.29, 0.717) is 18.6 Å². The molecular formula is C15H26O3. The summed E-state index contributed by atoms with van der Waals surface area (Å²) >= 11 is 0. The molecular weight excluding hydrogens is 228 g/mol. The second-order valence-corrected chi connectivity index (χ2v) is 4.32. The zero-order chi connectivity index (χ0) is 13.8. The van der Waals surface area contributed by atoms with Gasteiger partial charge >= 0.3 is 5.97 Å². The quantitative estimate of drug-likeness (QED) is 0.297. The lowest BCUT2D eigenvalue weighted by molar-refractivity contribution is -0.137. The van der Waals surface area contributed by atoms with Crippen molar-refractivity contribution in [3.8, 4) is 0 Å². The van der Waals surface area contributed by atoms with Crippen molar-refractivity contribution in [3.05, 3.63) is 23.8 Å². The van der Waals surface area contributed by atoms with Gasteiger partial charge < -0.3 is 9.84 Å². The molecule has 0 radical (unpaired) electrons. The molecule has 3 nitrogen and oxygen atoms in total. The smallest absolute Gasteiger partial charge is 0.330 e. The van der Waals surface area contributed by atoms with Gasteiger partial charge in [0.2, 0.25) is 0 Å². The van der Waals surface area contributed by atoms with E-state index in [0.717, 1.165) is 6.42 Å². The van der Waals surface area contributed by atoms with Gasteiger partial charge in [0.25, 0.3) is 0 Å². The molecule has 0 aliphatic rings. The van der Waals surface area contributed by atoms with Crippen LogP contribution in [0.25, 0.3) is 0 Å². The van der Waals surface area contributed by atoms with Crippen LogP contribution in [0, 0.1) is 0 Å². The van der Waals surface area contributed by atoms with Gasteiger partial charge in [-0.25, -0.2) is 4.79 Å². The molecule has 0 aromatic carbocycles. The average Bonchev–Trinajstić information content (AvgIpc) is 2.32. The molecule has 0 aromatic heterocycles. The fourth-order valence-corrected chi connectivity index (χ4v) is 1.53. The van der Waals surface area contributed by atoms with Gasteiger partial charge in [0.15, 0.2) is 0 Å². The van der Waals surface area contributed by atoms with E-state index >= 15 is 0 Å². The van der Waals surface area contributed by atoms with Gasteiger partial charge in [0, 0.05) is 6.08 Å².